The van der Waals surface area contributed by atoms with E-state index in [1.54, 1.807) is 12.1 Å². The van der Waals surface area contributed by atoms with E-state index in [-0.39, 0.29) is 23.3 Å². The van der Waals surface area contributed by atoms with Crippen molar-refractivity contribution in [2.24, 2.45) is 0 Å². The van der Waals surface area contributed by atoms with Crippen molar-refractivity contribution in [1.82, 2.24) is 10.2 Å². The summed E-state index contributed by atoms with van der Waals surface area (Å²) in [6.45, 7) is 0. The third-order valence-corrected chi connectivity index (χ3v) is 4.44. The molecule has 0 bridgehead atoms. The van der Waals surface area contributed by atoms with E-state index >= 15 is 0 Å². The van der Waals surface area contributed by atoms with Gasteiger partial charge in [0.05, 0.1) is 4.92 Å². The minimum atomic E-state index is -0.405. The molecular formula is C14H15N3O3. The molecule has 1 spiro atoms. The van der Waals surface area contributed by atoms with Gasteiger partial charge in [0.2, 0.25) is 5.91 Å². The van der Waals surface area contributed by atoms with Gasteiger partial charge in [0.1, 0.15) is 11.7 Å². The lowest BCUT2D eigenvalue weighted by Crippen LogP contribution is -2.33. The summed E-state index contributed by atoms with van der Waals surface area (Å²) in [4.78, 5) is 24.7. The second-order valence-electron chi connectivity index (χ2n) is 5.92. The van der Waals surface area contributed by atoms with Gasteiger partial charge in [-0.25, -0.2) is 0 Å². The first kappa shape index (κ1) is 11.8. The molecule has 20 heavy (non-hydrogen) atoms. The van der Waals surface area contributed by atoms with Gasteiger partial charge in [0, 0.05) is 18.2 Å². The number of hydrogen-bond donors (Lipinski definition) is 1. The molecule has 0 radical (unpaired) electrons. The Kier molecular flexibility index (Phi) is 2.24. The molecule has 1 saturated heterocycles. The van der Waals surface area contributed by atoms with Crippen molar-refractivity contribution in [2.45, 2.75) is 43.4 Å². The maximum atomic E-state index is 12.5. The van der Waals surface area contributed by atoms with E-state index in [0.717, 1.165) is 31.2 Å². The molecule has 3 fully saturated rings. The molecule has 6 nitrogen and oxygen atoms in total. The van der Waals surface area contributed by atoms with E-state index in [2.05, 4.69) is 5.32 Å². The first-order valence-corrected chi connectivity index (χ1v) is 6.96. The highest BCUT2D eigenvalue weighted by atomic mass is 16.6. The molecule has 6 heteroatoms. The van der Waals surface area contributed by atoms with Crippen molar-refractivity contribution < 1.29 is 9.72 Å². The lowest BCUT2D eigenvalue weighted by Gasteiger charge is -2.24. The largest absolute Gasteiger partial charge is 0.318 e. The topological polar surface area (TPSA) is 75.5 Å². The second kappa shape index (κ2) is 3.79. The maximum absolute atomic E-state index is 12.5. The van der Waals surface area contributed by atoms with Gasteiger partial charge in [-0.05, 0) is 43.4 Å². The fraction of sp³-hybridized carbons (Fsp3) is 0.500. The van der Waals surface area contributed by atoms with E-state index in [0.29, 0.717) is 6.04 Å². The van der Waals surface area contributed by atoms with Crippen LogP contribution in [0, 0.1) is 10.1 Å². The third-order valence-electron chi connectivity index (χ3n) is 4.44. The molecule has 1 aliphatic heterocycles. The molecule has 1 amide bonds. The fourth-order valence-corrected chi connectivity index (χ4v) is 2.99. The Morgan fingerprint density at radius 3 is 2.40 bits per heavy atom. The highest BCUT2D eigenvalue weighted by Crippen LogP contribution is 2.49. The Balaban J connectivity index is 1.66. The molecule has 1 heterocycles. The molecule has 0 aromatic heterocycles. The van der Waals surface area contributed by atoms with Gasteiger partial charge >= 0.3 is 0 Å². The monoisotopic (exact) mass is 273 g/mol. The summed E-state index contributed by atoms with van der Waals surface area (Å²) in [6.07, 6.45) is 3.80. The summed E-state index contributed by atoms with van der Waals surface area (Å²) in [5.41, 5.74) is 0.673. The van der Waals surface area contributed by atoms with E-state index in [1.165, 1.54) is 12.1 Å². The van der Waals surface area contributed by atoms with Gasteiger partial charge < -0.3 is 4.90 Å². The van der Waals surface area contributed by atoms with Crippen molar-refractivity contribution in [2.75, 3.05) is 0 Å². The standard InChI is InChI=1S/C14H15N3O3/c18-13-14(7-8-14)15-12(16(13)10-5-6-10)9-1-3-11(4-2-9)17(19)20/h1-4,10,12,15H,5-8H2. The number of rotatable bonds is 3. The predicted octanol–water partition coefficient (Wildman–Crippen LogP) is 1.72. The Bertz CT molecular complexity index is 590. The number of nitro groups is 1. The SMILES string of the molecule is O=C1N(C2CC2)C(c2ccc([N+](=O)[O-])cc2)NC12CC2. The first-order valence-electron chi connectivity index (χ1n) is 6.96. The molecule has 1 N–H and O–H groups in total. The number of nitrogens with zero attached hydrogens (tertiary/aromatic N) is 2. The number of non-ortho nitro benzene ring substituents is 1. The van der Waals surface area contributed by atoms with Crippen molar-refractivity contribution in [3.05, 3.63) is 39.9 Å². The molecule has 2 saturated carbocycles. The number of hydrogen-bond acceptors (Lipinski definition) is 4. The van der Waals surface area contributed by atoms with Crippen LogP contribution in [0.5, 0.6) is 0 Å². The minimum Gasteiger partial charge on any atom is -0.318 e. The summed E-state index contributed by atoms with van der Waals surface area (Å²) >= 11 is 0. The number of carbonyl (C=O) groups is 1. The average Bonchev–Trinajstić information content (AvgIpc) is 3.32. The molecule has 1 aromatic carbocycles. The van der Waals surface area contributed by atoms with E-state index < -0.39 is 4.92 Å². The summed E-state index contributed by atoms with van der Waals surface area (Å²) < 4.78 is 0. The summed E-state index contributed by atoms with van der Waals surface area (Å²) in [7, 11) is 0. The molecule has 104 valence electrons. The van der Waals surface area contributed by atoms with Crippen LogP contribution in [-0.2, 0) is 4.79 Å². The van der Waals surface area contributed by atoms with Crippen LogP contribution >= 0.6 is 0 Å². The number of nitro benzene ring substituents is 1. The summed E-state index contributed by atoms with van der Waals surface area (Å²) in [5.74, 6) is 0.211. The van der Waals surface area contributed by atoms with Crippen LogP contribution in [0.1, 0.15) is 37.4 Å². The molecular weight excluding hydrogens is 258 g/mol. The lowest BCUT2D eigenvalue weighted by atomic mass is 10.1. The average molecular weight is 273 g/mol. The third kappa shape index (κ3) is 1.64. The zero-order chi connectivity index (χ0) is 13.9. The zero-order valence-corrected chi connectivity index (χ0v) is 10.9. The summed E-state index contributed by atoms with van der Waals surface area (Å²) in [5, 5.41) is 14.1. The maximum Gasteiger partial charge on any atom is 0.269 e. The molecule has 1 atom stereocenters. The van der Waals surface area contributed by atoms with E-state index in [1.807, 2.05) is 4.90 Å². The minimum absolute atomic E-state index is 0.0807. The van der Waals surface area contributed by atoms with Gasteiger partial charge in [-0.15, -0.1) is 0 Å². The molecule has 3 aliphatic rings. The first-order chi connectivity index (χ1) is 9.61. The van der Waals surface area contributed by atoms with Crippen molar-refractivity contribution >= 4 is 11.6 Å². The highest BCUT2D eigenvalue weighted by molar-refractivity contribution is 5.92. The van der Waals surface area contributed by atoms with Crippen molar-refractivity contribution in [3.8, 4) is 0 Å². The van der Waals surface area contributed by atoms with Gasteiger partial charge in [0.25, 0.3) is 5.69 Å². The summed E-state index contributed by atoms with van der Waals surface area (Å²) in [6, 6.07) is 6.85. The Hall–Kier alpha value is -1.95. The highest BCUT2D eigenvalue weighted by Gasteiger charge is 2.61. The number of benzene rings is 1. The Labute approximate surface area is 115 Å². The predicted molar refractivity (Wildman–Crippen MR) is 70.8 cm³/mol. The van der Waals surface area contributed by atoms with Crippen LogP contribution in [0.4, 0.5) is 5.69 Å². The zero-order valence-electron chi connectivity index (χ0n) is 10.9. The Morgan fingerprint density at radius 1 is 1.25 bits per heavy atom. The van der Waals surface area contributed by atoms with Gasteiger partial charge in [-0.2, -0.15) is 0 Å². The lowest BCUT2D eigenvalue weighted by molar-refractivity contribution is -0.384. The molecule has 4 rings (SSSR count). The van der Waals surface area contributed by atoms with E-state index in [4.69, 9.17) is 0 Å². The quantitative estimate of drug-likeness (QED) is 0.672. The van der Waals surface area contributed by atoms with Crippen LogP contribution < -0.4 is 5.32 Å². The van der Waals surface area contributed by atoms with Gasteiger partial charge in [0.15, 0.2) is 0 Å². The van der Waals surface area contributed by atoms with Gasteiger partial charge in [-0.3, -0.25) is 20.2 Å². The number of nitrogens with one attached hydrogen (secondary N) is 1. The number of amides is 1. The number of carbonyl (C=O) groups excluding carboxylic acids is 1. The van der Waals surface area contributed by atoms with Crippen LogP contribution in [0.25, 0.3) is 0 Å². The molecule has 1 aromatic rings. The second-order valence-corrected chi connectivity index (χ2v) is 5.92. The van der Waals surface area contributed by atoms with Crippen molar-refractivity contribution in [1.29, 1.82) is 0 Å². The van der Waals surface area contributed by atoms with Crippen LogP contribution in [0.3, 0.4) is 0 Å². The van der Waals surface area contributed by atoms with Crippen LogP contribution in [0.15, 0.2) is 24.3 Å². The van der Waals surface area contributed by atoms with Crippen LogP contribution in [-0.4, -0.2) is 27.3 Å². The van der Waals surface area contributed by atoms with Crippen molar-refractivity contribution in [3.63, 3.8) is 0 Å². The fourth-order valence-electron chi connectivity index (χ4n) is 2.99. The smallest absolute Gasteiger partial charge is 0.269 e. The Morgan fingerprint density at radius 2 is 1.90 bits per heavy atom. The molecule has 1 unspecified atom stereocenters. The normalized spacial score (nSPS) is 27.1. The van der Waals surface area contributed by atoms with Gasteiger partial charge in [-0.1, -0.05) is 0 Å². The van der Waals surface area contributed by atoms with Crippen LogP contribution in [0.2, 0.25) is 0 Å². The van der Waals surface area contributed by atoms with E-state index in [9.17, 15) is 14.9 Å². The molecule has 2 aliphatic carbocycles.